The fourth-order valence-electron chi connectivity index (χ4n) is 5.11. The molecular weight excluding hydrogens is 442 g/mol. The number of rotatable bonds is 6. The number of fused-ring (bicyclic) bond motifs is 1. The maximum atomic E-state index is 10.0. The van der Waals surface area contributed by atoms with Gasteiger partial charge in [0.05, 0.1) is 0 Å². The number of carbonyl (C=O) groups excluding carboxylic acids is 1. The second kappa shape index (κ2) is 9.85. The van der Waals surface area contributed by atoms with Gasteiger partial charge in [-0.15, -0.1) is 5.10 Å². The van der Waals surface area contributed by atoms with E-state index < -0.39 is 0 Å². The van der Waals surface area contributed by atoms with Crippen molar-refractivity contribution in [1.29, 1.82) is 0 Å². The Morgan fingerprint density at radius 1 is 1.20 bits per heavy atom. The summed E-state index contributed by atoms with van der Waals surface area (Å²) < 4.78 is 1.90. The SMILES string of the molecule is CC1(C)CCCN1c1nc(Nc2cc(C3CC3)[nH]n2)c2cccn2n1.NC1CCC(NC=O)CC1. The van der Waals surface area contributed by atoms with Gasteiger partial charge in [-0.25, -0.2) is 4.52 Å². The molecular formula is C25H37N9O. The van der Waals surface area contributed by atoms with Crippen LogP contribution in [0.2, 0.25) is 0 Å². The molecule has 3 aromatic rings. The number of nitrogens with zero attached hydrogens (tertiary/aromatic N) is 5. The second-order valence-corrected chi connectivity index (χ2v) is 10.7. The summed E-state index contributed by atoms with van der Waals surface area (Å²) in [7, 11) is 0. The van der Waals surface area contributed by atoms with Crippen LogP contribution in [0.5, 0.6) is 0 Å². The van der Waals surface area contributed by atoms with Crippen LogP contribution in [-0.2, 0) is 4.79 Å². The zero-order chi connectivity index (χ0) is 24.4. The summed E-state index contributed by atoms with van der Waals surface area (Å²) in [6, 6.07) is 6.87. The topological polar surface area (TPSA) is 129 Å². The van der Waals surface area contributed by atoms with Gasteiger partial charge in [0.1, 0.15) is 5.52 Å². The molecule has 4 heterocycles. The first-order valence-electron chi connectivity index (χ1n) is 12.8. The predicted octanol–water partition coefficient (Wildman–Crippen LogP) is 3.45. The molecule has 0 spiro atoms. The van der Waals surface area contributed by atoms with Crippen LogP contribution in [0.25, 0.3) is 5.52 Å². The Kier molecular flexibility index (Phi) is 6.64. The van der Waals surface area contributed by atoms with Crippen LogP contribution in [0.15, 0.2) is 24.4 Å². The Balaban J connectivity index is 0.000000214. The predicted molar refractivity (Wildman–Crippen MR) is 137 cm³/mol. The normalized spacial score (nSPS) is 23.6. The Hall–Kier alpha value is -3.14. The Morgan fingerprint density at radius 2 is 2.00 bits per heavy atom. The number of nitrogens with one attached hydrogen (secondary N) is 3. The largest absolute Gasteiger partial charge is 0.356 e. The summed E-state index contributed by atoms with van der Waals surface area (Å²) in [5.41, 5.74) is 7.93. The molecule has 0 atom stereocenters. The maximum Gasteiger partial charge on any atom is 0.246 e. The Morgan fingerprint density at radius 3 is 2.69 bits per heavy atom. The van der Waals surface area contributed by atoms with Gasteiger partial charge in [0.2, 0.25) is 12.4 Å². The van der Waals surface area contributed by atoms with E-state index in [1.165, 1.54) is 25.0 Å². The third-order valence-electron chi connectivity index (χ3n) is 7.46. The lowest BCUT2D eigenvalue weighted by atomic mass is 9.92. The average molecular weight is 480 g/mol. The lowest BCUT2D eigenvalue weighted by molar-refractivity contribution is -0.110. The Bertz CT molecular complexity index is 1140. The number of aromatic nitrogens is 5. The van der Waals surface area contributed by atoms with Crippen molar-refractivity contribution in [2.24, 2.45) is 5.73 Å². The van der Waals surface area contributed by atoms with Crippen molar-refractivity contribution >= 4 is 29.5 Å². The van der Waals surface area contributed by atoms with Crippen molar-refractivity contribution in [2.75, 3.05) is 16.8 Å². The number of aromatic amines is 1. The highest BCUT2D eigenvalue weighted by Gasteiger charge is 2.34. The Labute approximate surface area is 206 Å². The zero-order valence-electron chi connectivity index (χ0n) is 20.7. The summed E-state index contributed by atoms with van der Waals surface area (Å²) >= 11 is 0. The number of anilines is 3. The quantitative estimate of drug-likeness (QED) is 0.399. The summed E-state index contributed by atoms with van der Waals surface area (Å²) in [6.07, 6.45) is 11.8. The molecule has 2 saturated carbocycles. The number of hydrogen-bond acceptors (Lipinski definition) is 7. The first-order valence-corrected chi connectivity index (χ1v) is 12.8. The van der Waals surface area contributed by atoms with Gasteiger partial charge in [-0.2, -0.15) is 10.1 Å². The van der Waals surface area contributed by atoms with E-state index in [0.29, 0.717) is 18.0 Å². The van der Waals surface area contributed by atoms with Gasteiger partial charge in [0, 0.05) is 48.0 Å². The van der Waals surface area contributed by atoms with Crippen molar-refractivity contribution in [3.8, 4) is 0 Å². The number of H-pyrrole nitrogens is 1. The second-order valence-electron chi connectivity index (χ2n) is 10.7. The molecule has 188 valence electrons. The third kappa shape index (κ3) is 5.42. The molecule has 0 bridgehead atoms. The molecule has 35 heavy (non-hydrogen) atoms. The van der Waals surface area contributed by atoms with Crippen molar-refractivity contribution in [3.05, 3.63) is 30.1 Å². The first kappa shape index (κ1) is 23.6. The lowest BCUT2D eigenvalue weighted by Gasteiger charge is -2.31. The molecule has 0 radical (unpaired) electrons. The number of hydrogen-bond donors (Lipinski definition) is 4. The smallest absolute Gasteiger partial charge is 0.246 e. The number of carbonyl (C=O) groups is 1. The van der Waals surface area contributed by atoms with Crippen molar-refractivity contribution in [1.82, 2.24) is 30.1 Å². The fraction of sp³-hybridized carbons (Fsp3) is 0.600. The minimum absolute atomic E-state index is 0.0869. The van der Waals surface area contributed by atoms with E-state index in [9.17, 15) is 4.79 Å². The van der Waals surface area contributed by atoms with Crippen molar-refractivity contribution in [3.63, 3.8) is 0 Å². The summed E-state index contributed by atoms with van der Waals surface area (Å²) in [5, 5.41) is 18.4. The van der Waals surface area contributed by atoms with E-state index in [0.717, 1.165) is 68.2 Å². The van der Waals surface area contributed by atoms with Gasteiger partial charge in [-0.05, 0) is 77.3 Å². The highest BCUT2D eigenvalue weighted by atomic mass is 16.1. The van der Waals surface area contributed by atoms with Gasteiger partial charge < -0.3 is 21.3 Å². The minimum atomic E-state index is 0.0869. The summed E-state index contributed by atoms with van der Waals surface area (Å²) in [6.45, 7) is 5.51. The highest BCUT2D eigenvalue weighted by molar-refractivity contribution is 5.73. The maximum absolute atomic E-state index is 10.0. The number of amides is 1. The molecule has 1 saturated heterocycles. The van der Waals surface area contributed by atoms with Gasteiger partial charge in [-0.3, -0.25) is 9.89 Å². The standard InChI is InChI=1S/C18H23N7.C7H14N2O/c1-18(2)8-4-9-24(18)17-20-16(14-5-3-10-25(14)23-17)19-15-11-13(21-22-15)12-6-7-12;8-6-1-3-7(4-2-6)9-5-10/h3,5,10-12H,4,6-9H2,1-2H3,(H2,19,20,21,22,23);5-7H,1-4,8H2,(H,9,10). The van der Waals surface area contributed by atoms with Crippen LogP contribution in [0.3, 0.4) is 0 Å². The van der Waals surface area contributed by atoms with Crippen molar-refractivity contribution in [2.45, 2.75) is 88.8 Å². The number of nitrogens with two attached hydrogens (primary N) is 1. The van der Waals surface area contributed by atoms with Gasteiger partial charge in [0.15, 0.2) is 11.6 Å². The van der Waals surface area contributed by atoms with E-state index in [4.69, 9.17) is 15.8 Å². The van der Waals surface area contributed by atoms with Crippen LogP contribution in [0.1, 0.15) is 76.8 Å². The van der Waals surface area contributed by atoms with Crippen LogP contribution < -0.4 is 21.3 Å². The zero-order valence-corrected chi connectivity index (χ0v) is 20.7. The molecule has 5 N–H and O–H groups in total. The van der Waals surface area contributed by atoms with Crippen molar-refractivity contribution < 1.29 is 4.79 Å². The molecule has 3 aromatic heterocycles. The monoisotopic (exact) mass is 479 g/mol. The minimum Gasteiger partial charge on any atom is -0.356 e. The highest BCUT2D eigenvalue weighted by Crippen LogP contribution is 2.40. The van der Waals surface area contributed by atoms with Gasteiger partial charge in [-0.1, -0.05) is 0 Å². The van der Waals surface area contributed by atoms with Crippen LogP contribution in [0.4, 0.5) is 17.6 Å². The summed E-state index contributed by atoms with van der Waals surface area (Å²) in [4.78, 5) is 17.2. The van der Waals surface area contributed by atoms with Gasteiger partial charge in [0.25, 0.3) is 0 Å². The molecule has 10 nitrogen and oxygen atoms in total. The van der Waals surface area contributed by atoms with Crippen LogP contribution >= 0.6 is 0 Å². The molecule has 3 aliphatic rings. The molecule has 1 aliphatic heterocycles. The third-order valence-corrected chi connectivity index (χ3v) is 7.46. The molecule has 3 fully saturated rings. The van der Waals surface area contributed by atoms with E-state index in [2.05, 4.69) is 45.6 Å². The fourth-order valence-corrected chi connectivity index (χ4v) is 5.11. The van der Waals surface area contributed by atoms with E-state index >= 15 is 0 Å². The molecule has 0 aromatic carbocycles. The molecule has 2 aliphatic carbocycles. The molecule has 10 heteroatoms. The summed E-state index contributed by atoms with van der Waals surface area (Å²) in [5.74, 6) is 3.04. The van der Waals surface area contributed by atoms with E-state index in [-0.39, 0.29) is 5.54 Å². The lowest BCUT2D eigenvalue weighted by Crippen LogP contribution is -2.39. The first-order chi connectivity index (χ1) is 16.9. The van der Waals surface area contributed by atoms with Crippen LogP contribution in [-0.4, -0.2) is 55.4 Å². The van der Waals surface area contributed by atoms with E-state index in [1.807, 2.05) is 22.8 Å². The molecule has 0 unspecified atom stereocenters. The average Bonchev–Trinajstić information content (AvgIpc) is 3.22. The molecule has 6 rings (SSSR count). The van der Waals surface area contributed by atoms with E-state index in [1.54, 1.807) is 0 Å². The van der Waals surface area contributed by atoms with Gasteiger partial charge >= 0.3 is 0 Å². The van der Waals surface area contributed by atoms with Crippen LogP contribution in [0, 0.1) is 0 Å². The molecule has 1 amide bonds.